The molecule has 0 aromatic heterocycles. The Balaban J connectivity index is 1.76. The smallest absolute Gasteiger partial charge is 0.122 e. The number of benzene rings is 1. The monoisotopic (exact) mass is 277 g/mol. The Morgan fingerprint density at radius 3 is 2.90 bits per heavy atom. The Kier molecular flexibility index (Phi) is 5.86. The minimum atomic E-state index is 0.427. The van der Waals surface area contributed by atoms with Crippen molar-refractivity contribution in [3.63, 3.8) is 0 Å². The number of hydrogen-bond acceptors (Lipinski definition) is 3. The number of hydrogen-bond donors (Lipinski definition) is 0. The van der Waals surface area contributed by atoms with Crippen LogP contribution in [0.1, 0.15) is 30.9 Å². The number of likely N-dealkylation sites (N-methyl/N-ethyl adjacent to an activating group) is 1. The Morgan fingerprint density at radius 1 is 1.35 bits per heavy atom. The van der Waals surface area contributed by atoms with Crippen LogP contribution in [0.2, 0.25) is 0 Å². The predicted octanol–water partition coefficient (Wildman–Crippen LogP) is 3.18. The zero-order chi connectivity index (χ0) is 14.4. The highest BCUT2D eigenvalue weighted by atomic mass is 16.5. The van der Waals surface area contributed by atoms with Crippen LogP contribution in [-0.2, 0) is 4.74 Å². The van der Waals surface area contributed by atoms with Gasteiger partial charge in [0.1, 0.15) is 12.4 Å². The van der Waals surface area contributed by atoms with E-state index in [1.54, 1.807) is 0 Å². The molecule has 1 atom stereocenters. The van der Waals surface area contributed by atoms with Crippen LogP contribution >= 0.6 is 0 Å². The third kappa shape index (κ3) is 4.50. The summed E-state index contributed by atoms with van der Waals surface area (Å²) < 4.78 is 11.6. The van der Waals surface area contributed by atoms with E-state index in [1.165, 1.54) is 24.0 Å². The Labute approximate surface area is 122 Å². The summed E-state index contributed by atoms with van der Waals surface area (Å²) in [6.45, 7) is 11.1. The topological polar surface area (TPSA) is 21.7 Å². The average molecular weight is 277 g/mol. The zero-order valence-electron chi connectivity index (χ0n) is 13.0. The minimum Gasteiger partial charge on any atom is -0.492 e. The van der Waals surface area contributed by atoms with Gasteiger partial charge in [0.2, 0.25) is 0 Å². The molecule has 3 heteroatoms. The molecule has 3 nitrogen and oxygen atoms in total. The van der Waals surface area contributed by atoms with Gasteiger partial charge in [0, 0.05) is 19.7 Å². The molecule has 1 unspecified atom stereocenters. The van der Waals surface area contributed by atoms with E-state index in [0.717, 1.165) is 38.6 Å². The maximum Gasteiger partial charge on any atom is 0.122 e. The summed E-state index contributed by atoms with van der Waals surface area (Å²) in [7, 11) is 0. The highest BCUT2D eigenvalue weighted by molar-refractivity contribution is 5.35. The Hall–Kier alpha value is -1.06. The molecule has 0 radical (unpaired) electrons. The largest absolute Gasteiger partial charge is 0.492 e. The summed E-state index contributed by atoms with van der Waals surface area (Å²) in [4.78, 5) is 2.42. The fraction of sp³-hybridized carbons (Fsp3) is 0.647. The molecule has 1 aliphatic rings. The van der Waals surface area contributed by atoms with Crippen molar-refractivity contribution in [2.24, 2.45) is 0 Å². The van der Waals surface area contributed by atoms with E-state index in [-0.39, 0.29) is 0 Å². The van der Waals surface area contributed by atoms with Crippen molar-refractivity contribution in [1.29, 1.82) is 0 Å². The van der Waals surface area contributed by atoms with E-state index in [1.807, 2.05) is 0 Å². The van der Waals surface area contributed by atoms with Gasteiger partial charge in [-0.05, 0) is 50.4 Å². The first-order valence-corrected chi connectivity index (χ1v) is 7.73. The highest BCUT2D eigenvalue weighted by Crippen LogP contribution is 2.19. The summed E-state index contributed by atoms with van der Waals surface area (Å²) in [5, 5.41) is 0. The maximum absolute atomic E-state index is 5.93. The van der Waals surface area contributed by atoms with Crippen LogP contribution in [-0.4, -0.2) is 43.9 Å². The summed E-state index contributed by atoms with van der Waals surface area (Å²) in [5.74, 6) is 1.01. The molecule has 1 fully saturated rings. The molecule has 0 N–H and O–H groups in total. The molecule has 2 rings (SSSR count). The van der Waals surface area contributed by atoms with Crippen molar-refractivity contribution in [2.45, 2.75) is 39.7 Å². The highest BCUT2D eigenvalue weighted by Gasteiger charge is 2.18. The molecule has 0 spiro atoms. The summed E-state index contributed by atoms with van der Waals surface area (Å²) >= 11 is 0. The van der Waals surface area contributed by atoms with E-state index in [4.69, 9.17) is 9.47 Å². The second-order valence-corrected chi connectivity index (χ2v) is 5.65. The molecule has 1 aliphatic heterocycles. The first kappa shape index (κ1) is 15.3. The summed E-state index contributed by atoms with van der Waals surface area (Å²) in [6.07, 6.45) is 2.84. The lowest BCUT2D eigenvalue weighted by atomic mass is 10.1. The number of ether oxygens (including phenoxy) is 2. The molecule has 0 bridgehead atoms. The average Bonchev–Trinajstić information content (AvgIpc) is 2.94. The zero-order valence-corrected chi connectivity index (χ0v) is 13.0. The SMILES string of the molecule is CCN(CCOc1cc(C)ccc1C)CC1CCCO1. The van der Waals surface area contributed by atoms with Crippen LogP contribution in [0.25, 0.3) is 0 Å². The van der Waals surface area contributed by atoms with Crippen molar-refractivity contribution in [2.75, 3.05) is 32.8 Å². The van der Waals surface area contributed by atoms with Gasteiger partial charge in [-0.25, -0.2) is 0 Å². The number of aryl methyl sites for hydroxylation is 2. The molecule has 112 valence electrons. The lowest BCUT2D eigenvalue weighted by Gasteiger charge is -2.23. The van der Waals surface area contributed by atoms with Crippen LogP contribution in [0.5, 0.6) is 5.75 Å². The van der Waals surface area contributed by atoms with E-state index in [0.29, 0.717) is 6.10 Å². The van der Waals surface area contributed by atoms with Crippen LogP contribution in [0.15, 0.2) is 18.2 Å². The molecule has 1 heterocycles. The van der Waals surface area contributed by atoms with Gasteiger partial charge in [-0.1, -0.05) is 19.1 Å². The minimum absolute atomic E-state index is 0.427. The first-order valence-electron chi connectivity index (χ1n) is 7.73. The van der Waals surface area contributed by atoms with Gasteiger partial charge in [0.25, 0.3) is 0 Å². The van der Waals surface area contributed by atoms with E-state index in [9.17, 15) is 0 Å². The first-order chi connectivity index (χ1) is 9.69. The van der Waals surface area contributed by atoms with Crippen LogP contribution < -0.4 is 4.74 Å². The van der Waals surface area contributed by atoms with E-state index >= 15 is 0 Å². The Bertz CT molecular complexity index is 413. The number of rotatable bonds is 7. The van der Waals surface area contributed by atoms with E-state index in [2.05, 4.69) is 43.9 Å². The maximum atomic E-state index is 5.93. The molecular weight excluding hydrogens is 250 g/mol. The standard InChI is InChI=1S/C17H27NO2/c1-4-18(13-16-6-5-10-19-16)9-11-20-17-12-14(2)7-8-15(17)3/h7-8,12,16H,4-6,9-11,13H2,1-3H3. The molecular formula is C17H27NO2. The van der Waals surface area contributed by atoms with Gasteiger partial charge < -0.3 is 9.47 Å². The van der Waals surface area contributed by atoms with Crippen molar-refractivity contribution in [3.05, 3.63) is 29.3 Å². The van der Waals surface area contributed by atoms with Gasteiger partial charge >= 0.3 is 0 Å². The van der Waals surface area contributed by atoms with Crippen LogP contribution in [0, 0.1) is 13.8 Å². The van der Waals surface area contributed by atoms with Crippen molar-refractivity contribution in [1.82, 2.24) is 4.90 Å². The predicted molar refractivity (Wildman–Crippen MR) is 82.5 cm³/mol. The normalized spacial score (nSPS) is 18.7. The fourth-order valence-electron chi connectivity index (χ4n) is 2.60. The van der Waals surface area contributed by atoms with E-state index < -0.39 is 0 Å². The van der Waals surface area contributed by atoms with Gasteiger partial charge in [0.15, 0.2) is 0 Å². The lowest BCUT2D eigenvalue weighted by Crippen LogP contribution is -2.35. The molecule has 0 aliphatic carbocycles. The molecule has 0 amide bonds. The van der Waals surface area contributed by atoms with Crippen molar-refractivity contribution < 1.29 is 9.47 Å². The number of nitrogens with zero attached hydrogens (tertiary/aromatic N) is 1. The third-order valence-electron chi connectivity index (χ3n) is 3.94. The second-order valence-electron chi connectivity index (χ2n) is 5.65. The molecule has 1 saturated heterocycles. The second kappa shape index (κ2) is 7.65. The van der Waals surface area contributed by atoms with Gasteiger partial charge in [0.05, 0.1) is 6.10 Å². The third-order valence-corrected chi connectivity index (χ3v) is 3.94. The lowest BCUT2D eigenvalue weighted by molar-refractivity contribution is 0.0700. The summed E-state index contributed by atoms with van der Waals surface area (Å²) in [5.41, 5.74) is 2.45. The van der Waals surface area contributed by atoms with Gasteiger partial charge in [-0.3, -0.25) is 4.90 Å². The van der Waals surface area contributed by atoms with Crippen molar-refractivity contribution in [3.8, 4) is 5.75 Å². The molecule has 20 heavy (non-hydrogen) atoms. The van der Waals surface area contributed by atoms with Gasteiger partial charge in [-0.15, -0.1) is 0 Å². The molecule has 1 aromatic rings. The van der Waals surface area contributed by atoms with Crippen molar-refractivity contribution >= 4 is 0 Å². The quantitative estimate of drug-likeness (QED) is 0.764. The molecule has 1 aromatic carbocycles. The fourth-order valence-corrected chi connectivity index (χ4v) is 2.60. The Morgan fingerprint density at radius 2 is 2.20 bits per heavy atom. The van der Waals surface area contributed by atoms with Gasteiger partial charge in [-0.2, -0.15) is 0 Å². The summed E-state index contributed by atoms with van der Waals surface area (Å²) in [6, 6.07) is 6.36. The van der Waals surface area contributed by atoms with Crippen LogP contribution in [0.3, 0.4) is 0 Å². The van der Waals surface area contributed by atoms with Crippen LogP contribution in [0.4, 0.5) is 0 Å². The molecule has 0 saturated carbocycles.